The van der Waals surface area contributed by atoms with Crippen molar-refractivity contribution in [2.75, 3.05) is 31.6 Å². The topological polar surface area (TPSA) is 72.7 Å². The lowest BCUT2D eigenvalue weighted by atomic mass is 9.96. The van der Waals surface area contributed by atoms with Gasteiger partial charge in [0.25, 0.3) is 0 Å². The van der Waals surface area contributed by atoms with Crippen LogP contribution in [0.3, 0.4) is 0 Å². The Labute approximate surface area is 157 Å². The third kappa shape index (κ3) is 5.05. The minimum absolute atomic E-state index is 0.0997. The Morgan fingerprint density at radius 3 is 2.46 bits per heavy atom. The monoisotopic (exact) mass is 376 g/mol. The van der Waals surface area contributed by atoms with Gasteiger partial charge in [-0.1, -0.05) is 0 Å². The second kappa shape index (κ2) is 9.33. The van der Waals surface area contributed by atoms with Crippen LogP contribution in [0.1, 0.15) is 41.4 Å². The van der Waals surface area contributed by atoms with Gasteiger partial charge < -0.3 is 9.64 Å². The Kier molecular flexibility index (Phi) is 7.15. The molecule has 0 saturated carbocycles. The summed E-state index contributed by atoms with van der Waals surface area (Å²) in [5.74, 6) is 0.150. The van der Waals surface area contributed by atoms with E-state index in [0.717, 1.165) is 23.7 Å². The molecule has 0 spiro atoms. The van der Waals surface area contributed by atoms with Crippen molar-refractivity contribution in [3.63, 3.8) is 0 Å². The van der Waals surface area contributed by atoms with Crippen molar-refractivity contribution in [3.8, 4) is 5.75 Å². The SMILES string of the molecule is CCN(CC)c1csc(C(CC(=O)c2ccc(OC)cc2)C[N+](=O)[O-])c1. The largest absolute Gasteiger partial charge is 0.497 e. The number of ether oxygens (including phenoxy) is 1. The van der Waals surface area contributed by atoms with Crippen LogP contribution >= 0.6 is 11.3 Å². The summed E-state index contributed by atoms with van der Waals surface area (Å²) in [5.41, 5.74) is 1.60. The highest BCUT2D eigenvalue weighted by Gasteiger charge is 2.24. The standard InChI is InChI=1S/C19H24N2O4S/c1-4-20(5-2)16-11-19(26-13-16)15(12-21(23)24)10-18(22)14-6-8-17(25-3)9-7-14/h6-9,11,13,15H,4-5,10,12H2,1-3H3. The number of carbonyl (C=O) groups is 1. The van der Waals surface area contributed by atoms with E-state index in [1.165, 1.54) is 11.3 Å². The molecule has 2 rings (SSSR count). The number of rotatable bonds is 10. The molecule has 0 aliphatic heterocycles. The lowest BCUT2D eigenvalue weighted by molar-refractivity contribution is -0.483. The zero-order valence-electron chi connectivity index (χ0n) is 15.3. The summed E-state index contributed by atoms with van der Waals surface area (Å²) in [5, 5.41) is 13.1. The summed E-state index contributed by atoms with van der Waals surface area (Å²) < 4.78 is 5.09. The number of nitro groups is 1. The quantitative estimate of drug-likeness (QED) is 0.352. The summed E-state index contributed by atoms with van der Waals surface area (Å²) in [6.07, 6.45) is 0.117. The highest BCUT2D eigenvalue weighted by Crippen LogP contribution is 2.32. The fraction of sp³-hybridized carbons (Fsp3) is 0.421. The second-order valence-corrected chi connectivity index (χ2v) is 6.89. The summed E-state index contributed by atoms with van der Waals surface area (Å²) in [7, 11) is 1.56. The van der Waals surface area contributed by atoms with Crippen LogP contribution in [0.4, 0.5) is 5.69 Å². The summed E-state index contributed by atoms with van der Waals surface area (Å²) in [4.78, 5) is 26.4. The summed E-state index contributed by atoms with van der Waals surface area (Å²) in [6.45, 7) is 5.64. The molecule has 7 heteroatoms. The number of hydrogen-bond donors (Lipinski definition) is 0. The van der Waals surface area contributed by atoms with Crippen molar-refractivity contribution in [1.82, 2.24) is 0 Å². The third-order valence-corrected chi connectivity index (χ3v) is 5.43. The zero-order chi connectivity index (χ0) is 19.1. The molecule has 0 bridgehead atoms. The molecule has 140 valence electrons. The van der Waals surface area contributed by atoms with Gasteiger partial charge in [0, 0.05) is 45.9 Å². The van der Waals surface area contributed by atoms with Crippen molar-refractivity contribution >= 4 is 22.8 Å². The van der Waals surface area contributed by atoms with Crippen LogP contribution < -0.4 is 9.64 Å². The zero-order valence-corrected chi connectivity index (χ0v) is 16.1. The number of benzene rings is 1. The lowest BCUT2D eigenvalue weighted by Gasteiger charge is -2.18. The van der Waals surface area contributed by atoms with Crippen LogP contribution in [0, 0.1) is 10.1 Å². The smallest absolute Gasteiger partial charge is 0.211 e. The number of anilines is 1. The molecule has 1 unspecified atom stereocenters. The maximum atomic E-state index is 12.6. The molecule has 0 saturated heterocycles. The number of thiophene rings is 1. The molecule has 0 N–H and O–H groups in total. The molecule has 1 aromatic heterocycles. The summed E-state index contributed by atoms with van der Waals surface area (Å²) in [6, 6.07) is 8.81. The average molecular weight is 376 g/mol. The highest BCUT2D eigenvalue weighted by molar-refractivity contribution is 7.10. The van der Waals surface area contributed by atoms with Gasteiger partial charge >= 0.3 is 0 Å². The molecule has 2 aromatic rings. The van der Waals surface area contributed by atoms with E-state index in [-0.39, 0.29) is 23.7 Å². The first-order valence-electron chi connectivity index (χ1n) is 8.60. The molecule has 0 amide bonds. The van der Waals surface area contributed by atoms with Gasteiger partial charge in [-0.3, -0.25) is 14.9 Å². The Bertz CT molecular complexity index is 738. The van der Waals surface area contributed by atoms with Gasteiger partial charge in [0.05, 0.1) is 13.0 Å². The first-order chi connectivity index (χ1) is 12.5. The minimum Gasteiger partial charge on any atom is -0.497 e. The lowest BCUT2D eigenvalue weighted by Crippen LogP contribution is -2.21. The third-order valence-electron chi connectivity index (χ3n) is 4.35. The van der Waals surface area contributed by atoms with Crippen molar-refractivity contribution < 1.29 is 14.5 Å². The normalized spacial score (nSPS) is 11.8. The van der Waals surface area contributed by atoms with Crippen molar-refractivity contribution in [2.45, 2.75) is 26.2 Å². The van der Waals surface area contributed by atoms with Gasteiger partial charge in [-0.25, -0.2) is 0 Å². The maximum absolute atomic E-state index is 12.6. The minimum atomic E-state index is -0.422. The molecular formula is C19H24N2O4S. The Hall–Kier alpha value is -2.41. The molecule has 26 heavy (non-hydrogen) atoms. The Morgan fingerprint density at radius 1 is 1.27 bits per heavy atom. The van der Waals surface area contributed by atoms with Crippen LogP contribution in [0.25, 0.3) is 0 Å². The van der Waals surface area contributed by atoms with Crippen molar-refractivity contribution in [1.29, 1.82) is 0 Å². The summed E-state index contributed by atoms with van der Waals surface area (Å²) >= 11 is 1.48. The van der Waals surface area contributed by atoms with E-state index >= 15 is 0 Å². The predicted octanol–water partition coefficient (Wildman–Crippen LogP) is 4.24. The van der Waals surface area contributed by atoms with E-state index in [1.54, 1.807) is 31.4 Å². The van der Waals surface area contributed by atoms with Crippen LogP contribution in [0.15, 0.2) is 35.7 Å². The number of nitrogens with zero attached hydrogens (tertiary/aromatic N) is 2. The highest BCUT2D eigenvalue weighted by atomic mass is 32.1. The van der Waals surface area contributed by atoms with E-state index in [1.807, 2.05) is 11.4 Å². The van der Waals surface area contributed by atoms with Gasteiger partial charge in [-0.15, -0.1) is 11.3 Å². The number of methoxy groups -OCH3 is 1. The van der Waals surface area contributed by atoms with E-state index in [9.17, 15) is 14.9 Å². The van der Waals surface area contributed by atoms with Crippen LogP contribution in [0.2, 0.25) is 0 Å². The Morgan fingerprint density at radius 2 is 1.92 bits per heavy atom. The second-order valence-electron chi connectivity index (χ2n) is 5.95. The molecular weight excluding hydrogens is 352 g/mol. The van der Waals surface area contributed by atoms with E-state index in [0.29, 0.717) is 11.3 Å². The average Bonchev–Trinajstić information content (AvgIpc) is 3.12. The van der Waals surface area contributed by atoms with Crippen LogP contribution in [-0.2, 0) is 0 Å². The molecule has 0 radical (unpaired) electrons. The molecule has 6 nitrogen and oxygen atoms in total. The molecule has 1 atom stereocenters. The number of carbonyl (C=O) groups excluding carboxylic acids is 1. The van der Waals surface area contributed by atoms with Crippen LogP contribution in [0.5, 0.6) is 5.75 Å². The van der Waals surface area contributed by atoms with Crippen molar-refractivity contribution in [3.05, 3.63) is 56.3 Å². The molecule has 1 heterocycles. The Balaban J connectivity index is 2.18. The predicted molar refractivity (Wildman–Crippen MR) is 104 cm³/mol. The van der Waals surface area contributed by atoms with E-state index in [4.69, 9.17) is 4.74 Å². The van der Waals surface area contributed by atoms with Crippen LogP contribution in [-0.4, -0.2) is 37.5 Å². The molecule has 0 fully saturated rings. The molecule has 0 aliphatic rings. The first kappa shape index (κ1) is 19.9. The number of ketones is 1. The fourth-order valence-electron chi connectivity index (χ4n) is 2.86. The van der Waals surface area contributed by atoms with Gasteiger partial charge in [0.15, 0.2) is 5.78 Å². The van der Waals surface area contributed by atoms with Gasteiger partial charge in [-0.2, -0.15) is 0 Å². The molecule has 0 aliphatic carbocycles. The molecule has 1 aromatic carbocycles. The van der Waals surface area contributed by atoms with Gasteiger partial charge in [-0.05, 0) is 44.2 Å². The van der Waals surface area contributed by atoms with Crippen molar-refractivity contribution in [2.24, 2.45) is 0 Å². The van der Waals surface area contributed by atoms with Gasteiger partial charge in [0.1, 0.15) is 5.75 Å². The van der Waals surface area contributed by atoms with Gasteiger partial charge in [0.2, 0.25) is 6.54 Å². The first-order valence-corrected chi connectivity index (χ1v) is 9.48. The number of hydrogen-bond acceptors (Lipinski definition) is 6. The number of Topliss-reactive ketones (excluding diaryl/α,β-unsaturated/α-hetero) is 1. The fourth-order valence-corrected chi connectivity index (χ4v) is 3.88. The van der Waals surface area contributed by atoms with E-state index < -0.39 is 5.92 Å². The maximum Gasteiger partial charge on any atom is 0.211 e. The van der Waals surface area contributed by atoms with E-state index in [2.05, 4.69) is 18.7 Å².